The van der Waals surface area contributed by atoms with Crippen molar-refractivity contribution in [1.82, 2.24) is 9.97 Å². The molecule has 0 saturated carbocycles. The molecule has 2 aromatic rings. The van der Waals surface area contributed by atoms with Gasteiger partial charge in [-0.1, -0.05) is 41.0 Å². The summed E-state index contributed by atoms with van der Waals surface area (Å²) in [6, 6.07) is 4.06. The number of halogens is 3. The topological polar surface area (TPSA) is 63.1 Å². The summed E-state index contributed by atoms with van der Waals surface area (Å²) in [6.45, 7) is 0. The summed E-state index contributed by atoms with van der Waals surface area (Å²) in [4.78, 5) is 18.7. The van der Waals surface area contributed by atoms with Crippen LogP contribution in [0.15, 0.2) is 29.6 Å². The summed E-state index contributed by atoms with van der Waals surface area (Å²) >= 11 is 12.7. The van der Waals surface area contributed by atoms with Crippen molar-refractivity contribution in [1.29, 1.82) is 0 Å². The number of hydrogen-bond donors (Lipinski definition) is 1. The zero-order valence-corrected chi connectivity index (χ0v) is 12.1. The number of rotatable bonds is 4. The highest BCUT2D eigenvalue weighted by atomic mass is 35.5. The maximum absolute atomic E-state index is 12.9. The number of carboxylic acids is 1. The molecule has 0 aliphatic heterocycles. The van der Waals surface area contributed by atoms with E-state index in [4.69, 9.17) is 28.3 Å². The minimum atomic E-state index is -1.22. The van der Waals surface area contributed by atoms with Crippen LogP contribution in [0.3, 0.4) is 0 Å². The van der Waals surface area contributed by atoms with Crippen molar-refractivity contribution in [2.75, 3.05) is 0 Å². The molecular formula is C12H7Cl2FN2O2S. The molecule has 0 unspecified atom stereocenters. The van der Waals surface area contributed by atoms with Gasteiger partial charge in [0.05, 0.1) is 11.2 Å². The van der Waals surface area contributed by atoms with Crippen LogP contribution in [0.5, 0.6) is 0 Å². The van der Waals surface area contributed by atoms with Gasteiger partial charge in [-0.05, 0) is 17.7 Å². The number of aromatic nitrogens is 2. The lowest BCUT2D eigenvalue weighted by Crippen LogP contribution is -2.03. The Balaban J connectivity index is 2.15. The summed E-state index contributed by atoms with van der Waals surface area (Å²) in [5, 5.41) is 9.43. The van der Waals surface area contributed by atoms with Crippen molar-refractivity contribution >= 4 is 40.9 Å². The minimum absolute atomic E-state index is 0.0262. The molecule has 0 atom stereocenters. The van der Waals surface area contributed by atoms with Crippen LogP contribution in [0.4, 0.5) is 4.39 Å². The van der Waals surface area contributed by atoms with Gasteiger partial charge in [0.1, 0.15) is 5.82 Å². The van der Waals surface area contributed by atoms with Crippen molar-refractivity contribution in [3.63, 3.8) is 0 Å². The summed E-state index contributed by atoms with van der Waals surface area (Å²) in [5.41, 5.74) is 0.447. The molecule has 0 spiro atoms. The second-order valence-corrected chi connectivity index (χ2v) is 5.44. The fourth-order valence-corrected chi connectivity index (χ4v) is 2.66. The molecule has 0 bridgehead atoms. The average Bonchev–Trinajstić information content (AvgIpc) is 2.39. The molecule has 0 fully saturated rings. The number of thioether (sulfide) groups is 1. The summed E-state index contributed by atoms with van der Waals surface area (Å²) < 4.78 is 12.9. The number of nitrogens with zero attached hydrogens (tertiary/aromatic N) is 2. The SMILES string of the molecule is O=C(O)c1nc(SCc2ccc(F)cc2Cl)ncc1Cl. The molecule has 2 rings (SSSR count). The third kappa shape index (κ3) is 3.59. The first kappa shape index (κ1) is 15.0. The molecule has 8 heteroatoms. The van der Waals surface area contributed by atoms with Crippen LogP contribution in [0.2, 0.25) is 10.0 Å². The fraction of sp³-hybridized carbons (Fsp3) is 0.0833. The highest BCUT2D eigenvalue weighted by Crippen LogP contribution is 2.26. The molecule has 0 aliphatic rings. The molecule has 1 N–H and O–H groups in total. The maximum Gasteiger partial charge on any atom is 0.356 e. The van der Waals surface area contributed by atoms with Gasteiger partial charge in [0, 0.05) is 10.8 Å². The van der Waals surface area contributed by atoms with Gasteiger partial charge in [0.15, 0.2) is 10.9 Å². The van der Waals surface area contributed by atoms with E-state index in [0.29, 0.717) is 16.3 Å². The molecule has 1 aromatic carbocycles. The largest absolute Gasteiger partial charge is 0.476 e. The lowest BCUT2D eigenvalue weighted by molar-refractivity contribution is 0.0689. The zero-order chi connectivity index (χ0) is 14.7. The normalized spacial score (nSPS) is 10.6. The second kappa shape index (κ2) is 6.39. The smallest absolute Gasteiger partial charge is 0.356 e. The molecule has 0 saturated heterocycles. The fourth-order valence-electron chi connectivity index (χ4n) is 1.35. The number of aromatic carboxylic acids is 1. The van der Waals surface area contributed by atoms with Crippen LogP contribution >= 0.6 is 35.0 Å². The lowest BCUT2D eigenvalue weighted by Gasteiger charge is -2.04. The summed E-state index contributed by atoms with van der Waals surface area (Å²) in [7, 11) is 0. The molecule has 104 valence electrons. The molecule has 0 amide bonds. The Morgan fingerprint density at radius 1 is 1.35 bits per heavy atom. The van der Waals surface area contributed by atoms with E-state index in [2.05, 4.69) is 9.97 Å². The van der Waals surface area contributed by atoms with Crippen LogP contribution < -0.4 is 0 Å². The van der Waals surface area contributed by atoms with E-state index in [1.165, 1.54) is 30.1 Å². The predicted molar refractivity (Wildman–Crippen MR) is 75.0 cm³/mol. The highest BCUT2D eigenvalue weighted by Gasteiger charge is 2.13. The molecule has 0 aliphatic carbocycles. The van der Waals surface area contributed by atoms with Gasteiger partial charge in [-0.2, -0.15) is 0 Å². The van der Waals surface area contributed by atoms with Gasteiger partial charge >= 0.3 is 5.97 Å². The van der Waals surface area contributed by atoms with Gasteiger partial charge in [-0.25, -0.2) is 19.2 Å². The Labute approximate surface area is 128 Å². The molecule has 1 heterocycles. The first-order valence-corrected chi connectivity index (χ1v) is 7.04. The van der Waals surface area contributed by atoms with Gasteiger partial charge in [-0.15, -0.1) is 0 Å². The van der Waals surface area contributed by atoms with Crippen molar-refractivity contribution in [2.45, 2.75) is 10.9 Å². The van der Waals surface area contributed by atoms with E-state index in [0.717, 1.165) is 0 Å². The second-order valence-electron chi connectivity index (χ2n) is 3.68. The Morgan fingerprint density at radius 2 is 2.10 bits per heavy atom. The monoisotopic (exact) mass is 332 g/mol. The Kier molecular flexibility index (Phi) is 4.80. The van der Waals surface area contributed by atoms with Gasteiger partial charge in [0.2, 0.25) is 0 Å². The van der Waals surface area contributed by atoms with Crippen molar-refractivity contribution < 1.29 is 14.3 Å². The van der Waals surface area contributed by atoms with E-state index < -0.39 is 11.8 Å². The lowest BCUT2D eigenvalue weighted by atomic mass is 10.2. The van der Waals surface area contributed by atoms with Gasteiger partial charge in [-0.3, -0.25) is 0 Å². The third-order valence-corrected chi connectivity index (χ3v) is 3.84. The van der Waals surface area contributed by atoms with Crippen LogP contribution in [-0.4, -0.2) is 21.0 Å². The molecule has 0 radical (unpaired) electrons. The van der Waals surface area contributed by atoms with Crippen LogP contribution in [0.25, 0.3) is 0 Å². The number of carbonyl (C=O) groups is 1. The summed E-state index contributed by atoms with van der Waals surface area (Å²) in [6.07, 6.45) is 1.23. The molecule has 4 nitrogen and oxygen atoms in total. The van der Waals surface area contributed by atoms with Crippen LogP contribution in [-0.2, 0) is 5.75 Å². The number of carboxylic acid groups (broad SMARTS) is 1. The molecular weight excluding hydrogens is 326 g/mol. The Morgan fingerprint density at radius 3 is 2.75 bits per heavy atom. The van der Waals surface area contributed by atoms with Gasteiger partial charge in [0.25, 0.3) is 0 Å². The van der Waals surface area contributed by atoms with Crippen LogP contribution in [0.1, 0.15) is 16.1 Å². The minimum Gasteiger partial charge on any atom is -0.476 e. The van der Waals surface area contributed by atoms with Crippen molar-refractivity contribution in [3.05, 3.63) is 51.5 Å². The summed E-state index contributed by atoms with van der Waals surface area (Å²) in [5.74, 6) is -1.25. The zero-order valence-electron chi connectivity index (χ0n) is 9.81. The van der Waals surface area contributed by atoms with E-state index in [-0.39, 0.29) is 15.9 Å². The third-order valence-electron chi connectivity index (χ3n) is 2.30. The average molecular weight is 333 g/mol. The number of benzene rings is 1. The van der Waals surface area contributed by atoms with E-state index >= 15 is 0 Å². The van der Waals surface area contributed by atoms with Crippen molar-refractivity contribution in [2.24, 2.45) is 0 Å². The van der Waals surface area contributed by atoms with E-state index in [1.54, 1.807) is 6.07 Å². The van der Waals surface area contributed by atoms with E-state index in [9.17, 15) is 9.18 Å². The van der Waals surface area contributed by atoms with Gasteiger partial charge < -0.3 is 5.11 Å². The van der Waals surface area contributed by atoms with Crippen LogP contribution in [0, 0.1) is 5.82 Å². The molecule has 20 heavy (non-hydrogen) atoms. The Hall–Kier alpha value is -1.37. The first-order valence-electron chi connectivity index (χ1n) is 5.30. The highest BCUT2D eigenvalue weighted by molar-refractivity contribution is 7.98. The Bertz CT molecular complexity index is 670. The molecule has 1 aromatic heterocycles. The van der Waals surface area contributed by atoms with E-state index in [1.807, 2.05) is 0 Å². The van der Waals surface area contributed by atoms with Crippen molar-refractivity contribution in [3.8, 4) is 0 Å². The first-order chi connectivity index (χ1) is 9.47. The standard InChI is InChI=1S/C12H7Cl2FN2O2S/c13-8-3-7(15)2-1-6(8)5-20-12-16-4-9(14)10(17-12)11(18)19/h1-4H,5H2,(H,18,19). The quantitative estimate of drug-likeness (QED) is 0.679. The maximum atomic E-state index is 12.9. The number of hydrogen-bond acceptors (Lipinski definition) is 4. The predicted octanol–water partition coefficient (Wildman–Crippen LogP) is 3.91.